The first-order chi connectivity index (χ1) is 15.6. The van der Waals surface area contributed by atoms with Crippen LogP contribution in [0.4, 0.5) is 23.8 Å². The highest BCUT2D eigenvalue weighted by Gasteiger charge is 2.35. The normalized spacial score (nSPS) is 15.5. The molecule has 0 unspecified atom stereocenters. The molecule has 2 aromatic carbocycles. The van der Waals surface area contributed by atoms with E-state index in [0.717, 1.165) is 11.0 Å². The molecule has 4 rings (SSSR count). The smallest absolute Gasteiger partial charge is 0.413 e. The molecule has 0 radical (unpaired) electrons. The minimum Gasteiger partial charge on any atom is -0.493 e. The fourth-order valence-corrected chi connectivity index (χ4v) is 3.78. The number of rotatable bonds is 4. The van der Waals surface area contributed by atoms with Crippen molar-refractivity contribution in [2.24, 2.45) is 0 Å². The average Bonchev–Trinajstić information content (AvgIpc) is 3.21. The summed E-state index contributed by atoms with van der Waals surface area (Å²) >= 11 is 0. The van der Waals surface area contributed by atoms with Gasteiger partial charge in [0.25, 0.3) is 11.8 Å². The van der Waals surface area contributed by atoms with E-state index in [0.29, 0.717) is 16.5 Å². The molecule has 174 valence electrons. The summed E-state index contributed by atoms with van der Waals surface area (Å²) in [6.45, 7) is -0.173. The van der Waals surface area contributed by atoms with Crippen LogP contribution in [0.25, 0.3) is 22.1 Å². The first-order valence-corrected chi connectivity index (χ1v) is 10.1. The summed E-state index contributed by atoms with van der Waals surface area (Å²) in [6, 6.07) is 8.63. The van der Waals surface area contributed by atoms with Gasteiger partial charge in [-0.3, -0.25) is 9.69 Å². The highest BCUT2D eigenvalue weighted by molar-refractivity contribution is 5.96. The van der Waals surface area contributed by atoms with Gasteiger partial charge < -0.3 is 19.2 Å². The molecule has 3 aromatic rings. The molecule has 0 bridgehead atoms. The molecule has 0 aliphatic carbocycles. The average molecular weight is 462 g/mol. The number of furan rings is 1. The number of methoxy groups -OCH3 is 1. The van der Waals surface area contributed by atoms with Crippen molar-refractivity contribution in [1.82, 2.24) is 4.90 Å². The molecule has 0 spiro atoms. The number of benzene rings is 2. The minimum absolute atomic E-state index is 0.0708. The van der Waals surface area contributed by atoms with Crippen molar-refractivity contribution in [3.63, 3.8) is 0 Å². The van der Waals surface area contributed by atoms with E-state index in [4.69, 9.17) is 14.3 Å². The van der Waals surface area contributed by atoms with E-state index in [1.807, 2.05) is 0 Å². The van der Waals surface area contributed by atoms with Gasteiger partial charge in [0.15, 0.2) is 11.3 Å². The Morgan fingerprint density at radius 1 is 1.15 bits per heavy atom. The van der Waals surface area contributed by atoms with E-state index < -0.39 is 36.6 Å². The number of piperidine rings is 1. The van der Waals surface area contributed by atoms with Crippen LogP contribution in [0.2, 0.25) is 0 Å². The van der Waals surface area contributed by atoms with Crippen LogP contribution in [-0.4, -0.2) is 55.2 Å². The Hall–Kier alpha value is -3.69. The molecule has 1 N–H and O–H groups in total. The van der Waals surface area contributed by atoms with Gasteiger partial charge in [-0.05, 0) is 29.8 Å². The number of ether oxygens (including phenoxy) is 1. The molecular formula is C23H21F3N2O5. The zero-order valence-electron chi connectivity index (χ0n) is 17.9. The minimum atomic E-state index is -2.78. The highest BCUT2D eigenvalue weighted by Crippen LogP contribution is 2.38. The summed E-state index contributed by atoms with van der Waals surface area (Å²) in [5.41, 5.74) is 0.992. The predicted molar refractivity (Wildman–Crippen MR) is 115 cm³/mol. The maximum Gasteiger partial charge on any atom is 0.413 e. The summed E-state index contributed by atoms with van der Waals surface area (Å²) < 4.78 is 52.7. The maximum absolute atomic E-state index is 15.0. The number of hydrogen-bond donors (Lipinski definition) is 1. The summed E-state index contributed by atoms with van der Waals surface area (Å²) in [5, 5.41) is 9.66. The fourth-order valence-electron chi connectivity index (χ4n) is 3.78. The number of nitrogens with zero attached hydrogens (tertiary/aromatic N) is 2. The van der Waals surface area contributed by atoms with Crippen molar-refractivity contribution >= 4 is 28.9 Å². The van der Waals surface area contributed by atoms with Gasteiger partial charge >= 0.3 is 6.09 Å². The third-order valence-electron chi connectivity index (χ3n) is 5.72. The van der Waals surface area contributed by atoms with Crippen molar-refractivity contribution in [1.29, 1.82) is 0 Å². The molecule has 33 heavy (non-hydrogen) atoms. The number of carbonyl (C=O) groups is 2. The van der Waals surface area contributed by atoms with Gasteiger partial charge in [-0.2, -0.15) is 0 Å². The van der Waals surface area contributed by atoms with Crippen molar-refractivity contribution in [2.75, 3.05) is 32.1 Å². The molecule has 1 fully saturated rings. The second-order valence-corrected chi connectivity index (χ2v) is 7.87. The van der Waals surface area contributed by atoms with E-state index in [1.54, 1.807) is 12.1 Å². The van der Waals surface area contributed by atoms with Gasteiger partial charge in [0.05, 0.1) is 7.11 Å². The van der Waals surface area contributed by atoms with E-state index in [1.165, 1.54) is 37.3 Å². The molecule has 1 aliphatic rings. The van der Waals surface area contributed by atoms with Gasteiger partial charge in [0.2, 0.25) is 5.88 Å². The van der Waals surface area contributed by atoms with Crippen LogP contribution in [-0.2, 0) is 0 Å². The van der Waals surface area contributed by atoms with Crippen molar-refractivity contribution in [3.8, 4) is 16.9 Å². The number of hydrogen-bond acceptors (Lipinski definition) is 4. The first kappa shape index (κ1) is 22.5. The monoisotopic (exact) mass is 462 g/mol. The Kier molecular flexibility index (Phi) is 5.69. The topological polar surface area (TPSA) is 83.2 Å². The molecule has 10 heteroatoms. The summed E-state index contributed by atoms with van der Waals surface area (Å²) in [7, 11) is 2.73. The Morgan fingerprint density at radius 3 is 2.45 bits per heavy atom. The predicted octanol–water partition coefficient (Wildman–Crippen LogP) is 5.23. The number of halogens is 3. The van der Waals surface area contributed by atoms with Gasteiger partial charge in [0, 0.05) is 55.6 Å². The molecule has 1 aromatic heterocycles. The lowest BCUT2D eigenvalue weighted by Crippen LogP contribution is -2.42. The van der Waals surface area contributed by atoms with Gasteiger partial charge in [-0.15, -0.1) is 0 Å². The van der Waals surface area contributed by atoms with Crippen molar-refractivity contribution in [2.45, 2.75) is 18.8 Å². The number of amides is 2. The first-order valence-electron chi connectivity index (χ1n) is 10.1. The highest BCUT2D eigenvalue weighted by atomic mass is 19.3. The molecular weight excluding hydrogens is 441 g/mol. The van der Waals surface area contributed by atoms with Crippen LogP contribution >= 0.6 is 0 Å². The van der Waals surface area contributed by atoms with E-state index in [9.17, 15) is 18.4 Å². The molecule has 2 amide bonds. The lowest BCUT2D eigenvalue weighted by Gasteiger charge is -2.31. The quantitative estimate of drug-likeness (QED) is 0.574. The van der Waals surface area contributed by atoms with Gasteiger partial charge in [-0.1, -0.05) is 6.07 Å². The van der Waals surface area contributed by atoms with E-state index >= 15 is 4.39 Å². The second kappa shape index (κ2) is 8.34. The molecule has 7 nitrogen and oxygen atoms in total. The standard InChI is InChI=1S/C23H21F3N2O5/c1-27(22(30)31)19-12-15-9-14(11-18(32-2)20(15)33-19)16-4-3-13(10-17(16)24)21(29)28-7-5-23(25,26)6-8-28/h3-4,9-12H,5-8H2,1-2H3,(H,30,31). The van der Waals surface area contributed by atoms with Gasteiger partial charge in [-0.25, -0.2) is 18.0 Å². The molecule has 0 atom stereocenters. The Labute approximate surface area is 186 Å². The van der Waals surface area contributed by atoms with Crippen LogP contribution in [0, 0.1) is 5.82 Å². The lowest BCUT2D eigenvalue weighted by molar-refractivity contribution is -0.0494. The Morgan fingerprint density at radius 2 is 1.85 bits per heavy atom. The Balaban J connectivity index is 1.65. The maximum atomic E-state index is 15.0. The largest absolute Gasteiger partial charge is 0.493 e. The van der Waals surface area contributed by atoms with Crippen LogP contribution < -0.4 is 9.64 Å². The Bertz CT molecular complexity index is 1230. The number of fused-ring (bicyclic) bond motifs is 1. The number of carboxylic acid groups (broad SMARTS) is 1. The SMILES string of the molecule is COc1cc(-c2ccc(C(=O)N3CCC(F)(F)CC3)cc2F)cc2cc(N(C)C(=O)O)oc12. The van der Waals surface area contributed by atoms with E-state index in [-0.39, 0.29) is 35.9 Å². The lowest BCUT2D eigenvalue weighted by atomic mass is 10.00. The van der Waals surface area contributed by atoms with Crippen molar-refractivity contribution < 1.29 is 37.0 Å². The summed E-state index contributed by atoms with van der Waals surface area (Å²) in [5.74, 6) is -3.60. The van der Waals surface area contributed by atoms with Crippen LogP contribution in [0.1, 0.15) is 23.2 Å². The summed E-state index contributed by atoms with van der Waals surface area (Å²) in [4.78, 5) is 26.0. The third kappa shape index (κ3) is 4.33. The summed E-state index contributed by atoms with van der Waals surface area (Å²) in [6.07, 6.45) is -2.04. The van der Waals surface area contributed by atoms with Crippen LogP contribution in [0.15, 0.2) is 40.8 Å². The molecule has 0 saturated carbocycles. The van der Waals surface area contributed by atoms with Gasteiger partial charge in [0.1, 0.15) is 5.82 Å². The number of carbonyl (C=O) groups excluding carboxylic acids is 1. The van der Waals surface area contributed by atoms with Crippen LogP contribution in [0.5, 0.6) is 5.75 Å². The third-order valence-corrected chi connectivity index (χ3v) is 5.72. The number of alkyl halides is 2. The zero-order valence-corrected chi connectivity index (χ0v) is 17.9. The molecule has 1 aliphatic heterocycles. The van der Waals surface area contributed by atoms with Crippen LogP contribution in [0.3, 0.4) is 0 Å². The molecule has 1 saturated heterocycles. The molecule has 2 heterocycles. The number of likely N-dealkylation sites (tertiary alicyclic amines) is 1. The second-order valence-electron chi connectivity index (χ2n) is 7.87. The zero-order chi connectivity index (χ0) is 23.9. The fraction of sp³-hybridized carbons (Fsp3) is 0.304. The van der Waals surface area contributed by atoms with E-state index in [2.05, 4.69) is 0 Å². The van der Waals surface area contributed by atoms with Crippen molar-refractivity contribution in [3.05, 3.63) is 47.8 Å². The number of anilines is 1.